The average molecular weight is 254 g/mol. The molecule has 1 fully saturated rings. The van der Waals surface area contributed by atoms with Gasteiger partial charge in [0.25, 0.3) is 0 Å². The molecule has 1 aliphatic rings. The Morgan fingerprint density at radius 2 is 2.14 bits per heavy atom. The normalized spacial score (nSPS) is 25.6. The molecule has 1 aliphatic carbocycles. The molecule has 2 N–H and O–H groups in total. The van der Waals surface area contributed by atoms with E-state index >= 15 is 0 Å². The van der Waals surface area contributed by atoms with E-state index < -0.39 is 0 Å². The van der Waals surface area contributed by atoms with Crippen LogP contribution < -0.4 is 5.73 Å². The van der Waals surface area contributed by atoms with Gasteiger partial charge in [0.1, 0.15) is 0 Å². The first kappa shape index (κ1) is 9.87. The first-order valence-electron chi connectivity index (χ1n) is 4.72. The van der Waals surface area contributed by atoms with Crippen molar-refractivity contribution in [2.24, 2.45) is 11.7 Å². The Labute approximate surface area is 91.6 Å². The van der Waals surface area contributed by atoms with Crippen LogP contribution in [0.1, 0.15) is 23.2 Å². The Bertz CT molecular complexity index is 358. The van der Waals surface area contributed by atoms with Gasteiger partial charge >= 0.3 is 0 Å². The topological polar surface area (TPSA) is 43.1 Å². The van der Waals surface area contributed by atoms with Gasteiger partial charge in [0.05, 0.1) is 0 Å². The van der Waals surface area contributed by atoms with Crippen LogP contribution in [0.25, 0.3) is 0 Å². The molecule has 0 spiro atoms. The molecule has 0 radical (unpaired) electrons. The second kappa shape index (κ2) is 3.83. The predicted molar refractivity (Wildman–Crippen MR) is 59.2 cm³/mol. The largest absolute Gasteiger partial charge is 0.328 e. The zero-order valence-corrected chi connectivity index (χ0v) is 9.33. The molecule has 0 aliphatic heterocycles. The van der Waals surface area contributed by atoms with Crippen molar-refractivity contribution in [3.8, 4) is 0 Å². The van der Waals surface area contributed by atoms with Gasteiger partial charge in [-0.2, -0.15) is 0 Å². The summed E-state index contributed by atoms with van der Waals surface area (Å²) in [6, 6.07) is 7.76. The Hall–Kier alpha value is -0.670. The van der Waals surface area contributed by atoms with Gasteiger partial charge in [0, 0.05) is 22.0 Å². The summed E-state index contributed by atoms with van der Waals surface area (Å²) in [5, 5.41) is 0. The first-order chi connectivity index (χ1) is 6.66. The van der Waals surface area contributed by atoms with Crippen molar-refractivity contribution < 1.29 is 4.79 Å². The quantitative estimate of drug-likeness (QED) is 0.823. The molecular formula is C11H12BrNO. The fourth-order valence-corrected chi connectivity index (χ4v) is 2.15. The SMILES string of the molecule is NC1CC(C(=O)c2cccc(Br)c2)C1. The van der Waals surface area contributed by atoms with Gasteiger partial charge in [-0.1, -0.05) is 28.1 Å². The minimum Gasteiger partial charge on any atom is -0.328 e. The lowest BCUT2D eigenvalue weighted by Gasteiger charge is -2.31. The summed E-state index contributed by atoms with van der Waals surface area (Å²) in [6.07, 6.45) is 1.68. The van der Waals surface area contributed by atoms with Crippen LogP contribution in [0, 0.1) is 5.92 Å². The van der Waals surface area contributed by atoms with Crippen LogP contribution in [0.2, 0.25) is 0 Å². The standard InChI is InChI=1S/C11H12BrNO/c12-9-3-1-2-7(4-9)11(14)8-5-10(13)6-8/h1-4,8,10H,5-6,13H2. The minimum absolute atomic E-state index is 0.152. The number of rotatable bonds is 2. The van der Waals surface area contributed by atoms with Crippen LogP contribution in [-0.4, -0.2) is 11.8 Å². The Morgan fingerprint density at radius 3 is 2.71 bits per heavy atom. The molecule has 0 atom stereocenters. The molecule has 0 bridgehead atoms. The van der Waals surface area contributed by atoms with Crippen LogP contribution in [0.3, 0.4) is 0 Å². The highest BCUT2D eigenvalue weighted by Crippen LogP contribution is 2.29. The van der Waals surface area contributed by atoms with E-state index in [4.69, 9.17) is 5.73 Å². The maximum atomic E-state index is 11.8. The number of carbonyl (C=O) groups is 1. The van der Waals surface area contributed by atoms with Crippen molar-refractivity contribution in [2.75, 3.05) is 0 Å². The van der Waals surface area contributed by atoms with Crippen molar-refractivity contribution in [3.05, 3.63) is 34.3 Å². The molecule has 0 heterocycles. The predicted octanol–water partition coefficient (Wildman–Crippen LogP) is 2.37. The highest BCUT2D eigenvalue weighted by Gasteiger charge is 2.32. The summed E-state index contributed by atoms with van der Waals surface area (Å²) >= 11 is 3.35. The van der Waals surface area contributed by atoms with Gasteiger partial charge in [-0.25, -0.2) is 0 Å². The molecule has 0 unspecified atom stereocenters. The molecule has 1 aromatic rings. The fourth-order valence-electron chi connectivity index (χ4n) is 1.75. The van der Waals surface area contributed by atoms with Crippen molar-refractivity contribution in [1.29, 1.82) is 0 Å². The Morgan fingerprint density at radius 1 is 1.43 bits per heavy atom. The van der Waals surface area contributed by atoms with Crippen LogP contribution in [0.15, 0.2) is 28.7 Å². The summed E-state index contributed by atoms with van der Waals surface area (Å²) < 4.78 is 0.951. The van der Waals surface area contributed by atoms with Gasteiger partial charge < -0.3 is 5.73 Å². The molecule has 2 nitrogen and oxygen atoms in total. The summed E-state index contributed by atoms with van der Waals surface area (Å²) in [5.41, 5.74) is 6.44. The number of hydrogen-bond donors (Lipinski definition) is 1. The van der Waals surface area contributed by atoms with Gasteiger partial charge in [0.15, 0.2) is 5.78 Å². The molecule has 74 valence electrons. The minimum atomic E-state index is 0.152. The van der Waals surface area contributed by atoms with E-state index in [1.165, 1.54) is 0 Å². The van der Waals surface area contributed by atoms with Gasteiger partial charge in [0.2, 0.25) is 0 Å². The van der Waals surface area contributed by atoms with Crippen LogP contribution in [0.5, 0.6) is 0 Å². The molecule has 3 heteroatoms. The van der Waals surface area contributed by atoms with E-state index in [2.05, 4.69) is 15.9 Å². The van der Waals surface area contributed by atoms with Crippen molar-refractivity contribution in [1.82, 2.24) is 0 Å². The third-order valence-electron chi connectivity index (χ3n) is 2.65. The number of halogens is 1. The smallest absolute Gasteiger partial charge is 0.166 e. The lowest BCUT2D eigenvalue weighted by molar-refractivity contribution is 0.0832. The van der Waals surface area contributed by atoms with E-state index in [9.17, 15) is 4.79 Å². The molecule has 1 aromatic carbocycles. The summed E-state index contributed by atoms with van der Waals surface area (Å²) in [6.45, 7) is 0. The monoisotopic (exact) mass is 253 g/mol. The zero-order valence-electron chi connectivity index (χ0n) is 7.74. The van der Waals surface area contributed by atoms with E-state index in [1.54, 1.807) is 0 Å². The number of nitrogens with two attached hydrogens (primary N) is 1. The average Bonchev–Trinajstić information content (AvgIpc) is 2.12. The van der Waals surface area contributed by atoms with Crippen molar-refractivity contribution in [3.63, 3.8) is 0 Å². The first-order valence-corrected chi connectivity index (χ1v) is 5.51. The van der Waals surface area contributed by atoms with Gasteiger partial charge in [-0.3, -0.25) is 4.79 Å². The number of Topliss-reactive ketones (excluding diaryl/α,β-unsaturated/α-hetero) is 1. The van der Waals surface area contributed by atoms with Crippen LogP contribution >= 0.6 is 15.9 Å². The third kappa shape index (κ3) is 1.88. The van der Waals surface area contributed by atoms with E-state index in [0.29, 0.717) is 0 Å². The van der Waals surface area contributed by atoms with Crippen molar-refractivity contribution >= 4 is 21.7 Å². The Balaban J connectivity index is 2.12. The molecule has 14 heavy (non-hydrogen) atoms. The van der Waals surface area contributed by atoms with E-state index in [-0.39, 0.29) is 17.7 Å². The van der Waals surface area contributed by atoms with Gasteiger partial charge in [-0.15, -0.1) is 0 Å². The fraction of sp³-hybridized carbons (Fsp3) is 0.364. The molecule has 1 saturated carbocycles. The highest BCUT2D eigenvalue weighted by molar-refractivity contribution is 9.10. The third-order valence-corrected chi connectivity index (χ3v) is 3.15. The second-order valence-electron chi connectivity index (χ2n) is 3.80. The summed E-state index contributed by atoms with van der Waals surface area (Å²) in [7, 11) is 0. The summed E-state index contributed by atoms with van der Waals surface area (Å²) in [5.74, 6) is 0.382. The number of benzene rings is 1. The van der Waals surface area contributed by atoms with Gasteiger partial charge in [-0.05, 0) is 25.0 Å². The zero-order chi connectivity index (χ0) is 10.1. The lowest BCUT2D eigenvalue weighted by atomic mass is 9.76. The van der Waals surface area contributed by atoms with Crippen LogP contribution in [-0.2, 0) is 0 Å². The number of hydrogen-bond acceptors (Lipinski definition) is 2. The molecular weight excluding hydrogens is 242 g/mol. The lowest BCUT2D eigenvalue weighted by Crippen LogP contribution is -2.40. The highest BCUT2D eigenvalue weighted by atomic mass is 79.9. The number of ketones is 1. The molecule has 0 amide bonds. The molecule has 2 rings (SSSR count). The number of carbonyl (C=O) groups excluding carboxylic acids is 1. The Kier molecular flexibility index (Phi) is 2.70. The maximum Gasteiger partial charge on any atom is 0.166 e. The van der Waals surface area contributed by atoms with Crippen molar-refractivity contribution in [2.45, 2.75) is 18.9 Å². The second-order valence-corrected chi connectivity index (χ2v) is 4.72. The molecule has 0 saturated heterocycles. The molecule has 0 aromatic heterocycles. The van der Waals surface area contributed by atoms with Crippen LogP contribution in [0.4, 0.5) is 0 Å². The maximum absolute atomic E-state index is 11.8. The van der Waals surface area contributed by atoms with E-state index in [1.807, 2.05) is 24.3 Å². The van der Waals surface area contributed by atoms with E-state index in [0.717, 1.165) is 22.9 Å². The summed E-state index contributed by atoms with van der Waals surface area (Å²) in [4.78, 5) is 11.8.